The maximum atomic E-state index is 12.9. The summed E-state index contributed by atoms with van der Waals surface area (Å²) in [7, 11) is 0. The average Bonchev–Trinajstić information content (AvgIpc) is 3.83. The fourth-order valence-corrected chi connectivity index (χ4v) is 5.12. The van der Waals surface area contributed by atoms with Gasteiger partial charge in [-0.1, -0.05) is 11.8 Å². The highest BCUT2D eigenvalue weighted by Gasteiger charge is 2.36. The number of ketones is 1. The second-order valence-corrected chi connectivity index (χ2v) is 10.9. The number of aliphatic hydroxyl groups excluding tert-OH is 2. The third-order valence-electron chi connectivity index (χ3n) is 7.66. The smallest absolute Gasteiger partial charge is 0.251 e. The van der Waals surface area contributed by atoms with Crippen molar-refractivity contribution >= 4 is 29.2 Å². The van der Waals surface area contributed by atoms with E-state index in [2.05, 4.69) is 27.4 Å². The van der Waals surface area contributed by atoms with Gasteiger partial charge in [0.25, 0.3) is 5.91 Å². The minimum absolute atomic E-state index is 0.0562. The van der Waals surface area contributed by atoms with E-state index >= 15 is 0 Å². The molecule has 4 rings (SSSR count). The number of Topliss-reactive ketones (excluding diaryl/α,β-unsaturated/α-hetero) is 1. The Bertz CT molecular complexity index is 1330. The monoisotopic (exact) mass is 574 g/mol. The molecule has 1 aliphatic carbocycles. The van der Waals surface area contributed by atoms with Crippen LogP contribution < -0.4 is 10.6 Å². The zero-order valence-electron chi connectivity index (χ0n) is 24.0. The first-order valence-corrected chi connectivity index (χ1v) is 14.3. The number of anilines is 1. The van der Waals surface area contributed by atoms with E-state index < -0.39 is 30.4 Å². The Hall–Kier alpha value is -4.04. The molecular formula is C32H38N4O6. The number of nitrogens with zero attached hydrogens (tertiary/aromatic N) is 2. The van der Waals surface area contributed by atoms with E-state index in [0.29, 0.717) is 35.4 Å². The number of hydrogen-bond acceptors (Lipinski definition) is 7. The third kappa shape index (κ3) is 8.49. The Morgan fingerprint density at radius 2 is 1.48 bits per heavy atom. The molecule has 1 aliphatic heterocycles. The largest absolute Gasteiger partial charge is 0.391 e. The molecule has 0 unspecified atom stereocenters. The molecule has 2 aromatic rings. The number of amides is 3. The predicted molar refractivity (Wildman–Crippen MR) is 158 cm³/mol. The molecule has 2 fully saturated rings. The lowest BCUT2D eigenvalue weighted by atomic mass is 10.0. The topological polar surface area (TPSA) is 139 Å². The summed E-state index contributed by atoms with van der Waals surface area (Å²) < 4.78 is 0. The molecule has 2 aromatic carbocycles. The first-order valence-electron chi connectivity index (χ1n) is 14.3. The van der Waals surface area contributed by atoms with Gasteiger partial charge in [-0.3, -0.25) is 24.1 Å². The van der Waals surface area contributed by atoms with Crippen LogP contribution in [0.1, 0.15) is 61.0 Å². The van der Waals surface area contributed by atoms with Crippen LogP contribution in [0.2, 0.25) is 0 Å². The summed E-state index contributed by atoms with van der Waals surface area (Å²) in [6, 6.07) is 13.3. The number of carbonyl (C=O) groups is 4. The maximum Gasteiger partial charge on any atom is 0.251 e. The Kier molecular flexibility index (Phi) is 10.5. The summed E-state index contributed by atoms with van der Waals surface area (Å²) in [4.78, 5) is 52.9. The van der Waals surface area contributed by atoms with Crippen LogP contribution in [-0.2, 0) is 14.4 Å². The number of piperidine rings is 1. The van der Waals surface area contributed by atoms with E-state index in [1.807, 2.05) is 29.2 Å². The van der Waals surface area contributed by atoms with Crippen LogP contribution in [0.3, 0.4) is 0 Å². The fourth-order valence-electron chi connectivity index (χ4n) is 5.12. The predicted octanol–water partition coefficient (Wildman–Crippen LogP) is 1.54. The van der Waals surface area contributed by atoms with E-state index in [1.54, 1.807) is 31.2 Å². The number of carbonyl (C=O) groups excluding carboxylic acids is 4. The summed E-state index contributed by atoms with van der Waals surface area (Å²) in [5.74, 6) is 4.94. The van der Waals surface area contributed by atoms with Crippen LogP contribution in [0.25, 0.3) is 0 Å². The van der Waals surface area contributed by atoms with Gasteiger partial charge in [-0.05, 0) is 81.1 Å². The van der Waals surface area contributed by atoms with Crippen LogP contribution >= 0.6 is 0 Å². The van der Waals surface area contributed by atoms with Crippen molar-refractivity contribution in [3.8, 4) is 11.8 Å². The fraction of sp³-hybridized carbons (Fsp3) is 0.438. The van der Waals surface area contributed by atoms with Crippen LogP contribution in [0.15, 0.2) is 48.5 Å². The molecule has 10 heteroatoms. The van der Waals surface area contributed by atoms with Crippen molar-refractivity contribution in [2.24, 2.45) is 0 Å². The van der Waals surface area contributed by atoms with Gasteiger partial charge in [-0.25, -0.2) is 0 Å². The normalized spacial score (nSPS) is 16.6. The van der Waals surface area contributed by atoms with Crippen molar-refractivity contribution in [1.82, 2.24) is 15.1 Å². The van der Waals surface area contributed by atoms with Gasteiger partial charge in [0.05, 0.1) is 12.6 Å². The lowest BCUT2D eigenvalue weighted by molar-refractivity contribution is -0.131. The van der Waals surface area contributed by atoms with E-state index in [1.165, 1.54) is 6.92 Å². The quantitative estimate of drug-likeness (QED) is 0.316. The molecule has 1 heterocycles. The Morgan fingerprint density at radius 3 is 1.98 bits per heavy atom. The molecule has 0 radical (unpaired) electrons. The molecule has 3 amide bonds. The molecule has 1 saturated carbocycles. The summed E-state index contributed by atoms with van der Waals surface area (Å²) >= 11 is 0. The van der Waals surface area contributed by atoms with Crippen LogP contribution in [0.5, 0.6) is 0 Å². The molecule has 1 saturated heterocycles. The number of hydrogen-bond donors (Lipinski definition) is 4. The first-order chi connectivity index (χ1) is 20.1. The summed E-state index contributed by atoms with van der Waals surface area (Å²) in [6.07, 6.45) is 2.86. The minimum atomic E-state index is -1.19. The van der Waals surface area contributed by atoms with Crippen molar-refractivity contribution in [1.29, 1.82) is 0 Å². The lowest BCUT2D eigenvalue weighted by Crippen LogP contribution is -2.49. The van der Waals surface area contributed by atoms with Gasteiger partial charge >= 0.3 is 0 Å². The van der Waals surface area contributed by atoms with Gasteiger partial charge in [0.15, 0.2) is 5.78 Å². The number of nitrogens with one attached hydrogen (secondary N) is 2. The molecule has 10 nitrogen and oxygen atoms in total. The van der Waals surface area contributed by atoms with Crippen LogP contribution in [0.4, 0.5) is 5.69 Å². The lowest BCUT2D eigenvalue weighted by Gasteiger charge is -2.38. The molecular weight excluding hydrogens is 536 g/mol. The van der Waals surface area contributed by atoms with Gasteiger partial charge in [-0.15, -0.1) is 0 Å². The zero-order chi connectivity index (χ0) is 30.2. The Labute approximate surface area is 246 Å². The Balaban J connectivity index is 1.29. The zero-order valence-corrected chi connectivity index (χ0v) is 24.0. The van der Waals surface area contributed by atoms with E-state index in [9.17, 15) is 24.3 Å². The molecule has 2 aliphatic rings. The molecule has 2 atom stereocenters. The summed E-state index contributed by atoms with van der Waals surface area (Å²) in [5, 5.41) is 24.2. The highest BCUT2D eigenvalue weighted by atomic mass is 16.3. The molecule has 222 valence electrons. The first kappa shape index (κ1) is 30.9. The van der Waals surface area contributed by atoms with E-state index in [4.69, 9.17) is 5.11 Å². The molecule has 42 heavy (non-hydrogen) atoms. The van der Waals surface area contributed by atoms with Crippen molar-refractivity contribution in [3.63, 3.8) is 0 Å². The van der Waals surface area contributed by atoms with Crippen molar-refractivity contribution in [3.05, 3.63) is 65.2 Å². The minimum Gasteiger partial charge on any atom is -0.391 e. The van der Waals surface area contributed by atoms with Crippen LogP contribution in [0, 0.1) is 11.8 Å². The summed E-state index contributed by atoms with van der Waals surface area (Å²) in [5.41, 5.74) is 2.42. The number of rotatable bonds is 10. The molecule has 0 aromatic heterocycles. The third-order valence-corrected chi connectivity index (χ3v) is 7.66. The standard InChI is InChI=1S/C32H38N4O6/c1-21(38)31(29(40)20-37)34-32(42)25-9-5-23(6-10-25)3-4-24-7-11-26(12-8-24)33-30(41)19-36(27-13-14-27)28-15-17-35(18-16-28)22(2)39/h5-12,21,27-28,31,37-38H,13-20H2,1-2H3,(H,33,41)(H,34,42)/t21-,31+/m1/s1. The maximum absolute atomic E-state index is 12.9. The van der Waals surface area contributed by atoms with Crippen molar-refractivity contribution < 1.29 is 29.4 Å². The second kappa shape index (κ2) is 14.2. The number of likely N-dealkylation sites (tertiary alicyclic amines) is 1. The molecule has 0 bridgehead atoms. The van der Waals surface area contributed by atoms with Crippen LogP contribution in [-0.4, -0.2) is 94.0 Å². The number of aliphatic hydroxyl groups is 2. The van der Waals surface area contributed by atoms with E-state index in [-0.39, 0.29) is 11.8 Å². The SMILES string of the molecule is CC(=O)N1CCC(N(CC(=O)Nc2ccc(C#Cc3ccc(C(=O)N[C@H](C(=O)CO)[C@@H](C)O)cc3)cc2)C2CC2)CC1. The summed E-state index contributed by atoms with van der Waals surface area (Å²) in [6.45, 7) is 4.01. The van der Waals surface area contributed by atoms with Gasteiger partial charge in [0, 0.05) is 54.5 Å². The highest BCUT2D eigenvalue weighted by Crippen LogP contribution is 2.31. The van der Waals surface area contributed by atoms with Gasteiger partial charge in [0.2, 0.25) is 11.8 Å². The molecule has 4 N–H and O–H groups in total. The van der Waals surface area contributed by atoms with Gasteiger partial charge < -0.3 is 25.7 Å². The average molecular weight is 575 g/mol. The number of benzene rings is 2. The highest BCUT2D eigenvalue weighted by molar-refractivity contribution is 5.98. The second-order valence-electron chi connectivity index (χ2n) is 10.9. The van der Waals surface area contributed by atoms with Crippen molar-refractivity contribution in [2.75, 3.05) is 31.6 Å². The van der Waals surface area contributed by atoms with Gasteiger partial charge in [0.1, 0.15) is 12.6 Å². The van der Waals surface area contributed by atoms with Crippen molar-refractivity contribution in [2.45, 2.75) is 63.8 Å². The van der Waals surface area contributed by atoms with E-state index in [0.717, 1.165) is 44.3 Å². The Morgan fingerprint density at radius 1 is 0.929 bits per heavy atom. The molecule has 0 spiro atoms. The van der Waals surface area contributed by atoms with Gasteiger partial charge in [-0.2, -0.15) is 0 Å².